The third-order valence-corrected chi connectivity index (χ3v) is 3.86. The molecule has 0 aliphatic heterocycles. The number of nitrogens with zero attached hydrogens (tertiary/aromatic N) is 3. The van der Waals surface area contributed by atoms with E-state index in [1.807, 2.05) is 39.8 Å². The molecule has 0 atom stereocenters. The number of aromatic nitrogens is 2. The first-order valence-electron chi connectivity index (χ1n) is 9.37. The molecule has 0 aliphatic carbocycles. The summed E-state index contributed by atoms with van der Waals surface area (Å²) in [5.74, 6) is 0.426. The summed E-state index contributed by atoms with van der Waals surface area (Å²) in [5, 5.41) is 0. The summed E-state index contributed by atoms with van der Waals surface area (Å²) in [5.41, 5.74) is -0.220. The van der Waals surface area contributed by atoms with E-state index in [0.717, 1.165) is 18.3 Å². The minimum Gasteiger partial charge on any atom is -0.491 e. The summed E-state index contributed by atoms with van der Waals surface area (Å²) in [7, 11) is 0. The number of rotatable bonds is 9. The highest BCUT2D eigenvalue weighted by Gasteiger charge is 2.36. The quantitative estimate of drug-likeness (QED) is 0.514. The lowest BCUT2D eigenvalue weighted by Crippen LogP contribution is -2.21. The van der Waals surface area contributed by atoms with E-state index in [4.69, 9.17) is 9.47 Å². The standard InChI is InChI=1S/C20H26F3N3O2/c1-5-7-12-27-18-17(20(21,22)23)13-24-19(25-18)26(6-2)15-8-10-16(11-9-15)28-14(3)4/h8-11,13-14H,5-7,12H2,1-4H3. The van der Waals surface area contributed by atoms with E-state index in [9.17, 15) is 13.2 Å². The number of hydrogen-bond donors (Lipinski definition) is 0. The van der Waals surface area contributed by atoms with Gasteiger partial charge in [0.05, 0.1) is 12.7 Å². The number of unbranched alkanes of at least 4 members (excludes halogenated alkanes) is 1. The van der Waals surface area contributed by atoms with Gasteiger partial charge in [0.15, 0.2) is 0 Å². The average Bonchev–Trinajstić information content (AvgIpc) is 2.63. The zero-order valence-corrected chi connectivity index (χ0v) is 16.6. The third-order valence-electron chi connectivity index (χ3n) is 3.86. The van der Waals surface area contributed by atoms with Gasteiger partial charge in [0.1, 0.15) is 11.3 Å². The first-order valence-corrected chi connectivity index (χ1v) is 9.37. The zero-order valence-electron chi connectivity index (χ0n) is 16.6. The Balaban J connectivity index is 2.33. The molecular formula is C20H26F3N3O2. The second kappa shape index (κ2) is 9.61. The Hall–Kier alpha value is -2.51. The molecule has 0 unspecified atom stereocenters. The van der Waals surface area contributed by atoms with Gasteiger partial charge >= 0.3 is 6.18 Å². The van der Waals surface area contributed by atoms with E-state index in [1.165, 1.54) is 0 Å². The molecule has 0 amide bonds. The number of alkyl halides is 3. The molecule has 0 saturated carbocycles. The second-order valence-corrected chi connectivity index (χ2v) is 6.49. The van der Waals surface area contributed by atoms with Gasteiger partial charge in [0.2, 0.25) is 11.8 Å². The fourth-order valence-corrected chi connectivity index (χ4v) is 2.52. The summed E-state index contributed by atoms with van der Waals surface area (Å²) >= 11 is 0. The highest BCUT2D eigenvalue weighted by Crippen LogP contribution is 2.36. The van der Waals surface area contributed by atoms with Crippen LogP contribution < -0.4 is 14.4 Å². The van der Waals surface area contributed by atoms with Crippen molar-refractivity contribution in [3.05, 3.63) is 36.0 Å². The monoisotopic (exact) mass is 397 g/mol. The third kappa shape index (κ3) is 5.74. The van der Waals surface area contributed by atoms with Crippen molar-refractivity contribution in [2.75, 3.05) is 18.1 Å². The molecule has 0 saturated heterocycles. The average molecular weight is 397 g/mol. The van der Waals surface area contributed by atoms with Gasteiger partial charge < -0.3 is 14.4 Å². The van der Waals surface area contributed by atoms with Crippen molar-refractivity contribution < 1.29 is 22.6 Å². The number of halogens is 3. The fourth-order valence-electron chi connectivity index (χ4n) is 2.52. The Kier molecular flexibility index (Phi) is 7.48. The Morgan fingerprint density at radius 1 is 1.11 bits per heavy atom. The lowest BCUT2D eigenvalue weighted by atomic mass is 10.2. The molecular weight excluding hydrogens is 371 g/mol. The summed E-state index contributed by atoms with van der Waals surface area (Å²) in [6, 6.07) is 7.25. The summed E-state index contributed by atoms with van der Waals surface area (Å²) in [6.07, 6.45) is -2.29. The second-order valence-electron chi connectivity index (χ2n) is 6.49. The Labute approximate surface area is 163 Å². The number of benzene rings is 1. The molecule has 1 aromatic heterocycles. The molecule has 0 bridgehead atoms. The topological polar surface area (TPSA) is 47.5 Å². The van der Waals surface area contributed by atoms with Crippen LogP contribution in [0.1, 0.15) is 46.1 Å². The highest BCUT2D eigenvalue weighted by molar-refractivity contribution is 5.58. The molecule has 0 fully saturated rings. The van der Waals surface area contributed by atoms with Gasteiger partial charge in [-0.1, -0.05) is 13.3 Å². The van der Waals surface area contributed by atoms with Gasteiger partial charge in [0.25, 0.3) is 0 Å². The van der Waals surface area contributed by atoms with Crippen LogP contribution in [0.15, 0.2) is 30.5 Å². The predicted octanol–water partition coefficient (Wildman–Crippen LogP) is 5.62. The van der Waals surface area contributed by atoms with Crippen LogP contribution in [-0.2, 0) is 6.18 Å². The van der Waals surface area contributed by atoms with Crippen LogP contribution in [0.25, 0.3) is 0 Å². The van der Waals surface area contributed by atoms with Crippen molar-refractivity contribution in [1.82, 2.24) is 9.97 Å². The molecule has 8 heteroatoms. The van der Waals surface area contributed by atoms with Gasteiger partial charge in [-0.2, -0.15) is 18.2 Å². The van der Waals surface area contributed by atoms with E-state index in [1.54, 1.807) is 17.0 Å². The Morgan fingerprint density at radius 3 is 2.32 bits per heavy atom. The minimum absolute atomic E-state index is 0.0502. The van der Waals surface area contributed by atoms with Crippen molar-refractivity contribution in [3.63, 3.8) is 0 Å². The van der Waals surface area contributed by atoms with Crippen molar-refractivity contribution >= 4 is 11.6 Å². The minimum atomic E-state index is -4.58. The maximum atomic E-state index is 13.3. The van der Waals surface area contributed by atoms with Crippen LogP contribution in [0, 0.1) is 0 Å². The van der Waals surface area contributed by atoms with Crippen LogP contribution in [0.4, 0.5) is 24.8 Å². The lowest BCUT2D eigenvalue weighted by molar-refractivity contribution is -0.139. The Morgan fingerprint density at radius 2 is 1.79 bits per heavy atom. The van der Waals surface area contributed by atoms with Crippen LogP contribution in [0.5, 0.6) is 11.6 Å². The Bertz CT molecular complexity index is 749. The normalized spacial score (nSPS) is 11.6. The van der Waals surface area contributed by atoms with Gasteiger partial charge in [0, 0.05) is 18.4 Å². The van der Waals surface area contributed by atoms with Gasteiger partial charge in [-0.25, -0.2) is 4.98 Å². The van der Waals surface area contributed by atoms with E-state index >= 15 is 0 Å². The molecule has 1 aromatic carbocycles. The smallest absolute Gasteiger partial charge is 0.423 e. The van der Waals surface area contributed by atoms with Gasteiger partial charge in [-0.15, -0.1) is 0 Å². The van der Waals surface area contributed by atoms with E-state index in [0.29, 0.717) is 18.7 Å². The molecule has 0 aliphatic rings. The van der Waals surface area contributed by atoms with Crippen LogP contribution in [-0.4, -0.2) is 29.2 Å². The van der Waals surface area contributed by atoms with Gasteiger partial charge in [-0.05, 0) is 51.5 Å². The molecule has 1 heterocycles. The van der Waals surface area contributed by atoms with Crippen molar-refractivity contribution in [3.8, 4) is 11.6 Å². The maximum absolute atomic E-state index is 13.3. The van der Waals surface area contributed by atoms with Crippen LogP contribution >= 0.6 is 0 Å². The first kappa shape index (κ1) is 21.8. The molecule has 2 aromatic rings. The highest BCUT2D eigenvalue weighted by atomic mass is 19.4. The van der Waals surface area contributed by atoms with Gasteiger partial charge in [-0.3, -0.25) is 0 Å². The van der Waals surface area contributed by atoms with Crippen LogP contribution in [0.3, 0.4) is 0 Å². The molecule has 2 rings (SSSR count). The fraction of sp³-hybridized carbons (Fsp3) is 0.500. The molecule has 0 N–H and O–H groups in total. The lowest BCUT2D eigenvalue weighted by Gasteiger charge is -2.23. The zero-order chi connectivity index (χ0) is 20.7. The molecule has 154 valence electrons. The van der Waals surface area contributed by atoms with Crippen molar-refractivity contribution in [2.45, 2.75) is 52.8 Å². The van der Waals surface area contributed by atoms with Crippen LogP contribution in [0.2, 0.25) is 0 Å². The molecule has 28 heavy (non-hydrogen) atoms. The molecule has 0 radical (unpaired) electrons. The summed E-state index contributed by atoms with van der Waals surface area (Å²) in [6.45, 7) is 8.32. The molecule has 5 nitrogen and oxygen atoms in total. The summed E-state index contributed by atoms with van der Waals surface area (Å²) < 4.78 is 50.7. The largest absolute Gasteiger partial charge is 0.491 e. The van der Waals surface area contributed by atoms with E-state index in [-0.39, 0.29) is 18.7 Å². The van der Waals surface area contributed by atoms with E-state index in [2.05, 4.69) is 9.97 Å². The number of anilines is 2. The SMILES string of the molecule is CCCCOc1nc(N(CC)c2ccc(OC(C)C)cc2)ncc1C(F)(F)F. The maximum Gasteiger partial charge on any atom is 0.423 e. The van der Waals surface area contributed by atoms with E-state index < -0.39 is 17.6 Å². The first-order chi connectivity index (χ1) is 13.3. The van der Waals surface area contributed by atoms with Crippen molar-refractivity contribution in [1.29, 1.82) is 0 Å². The number of hydrogen-bond acceptors (Lipinski definition) is 5. The van der Waals surface area contributed by atoms with Crippen molar-refractivity contribution in [2.24, 2.45) is 0 Å². The summed E-state index contributed by atoms with van der Waals surface area (Å²) in [4.78, 5) is 9.72. The number of ether oxygens (including phenoxy) is 2. The molecule has 0 spiro atoms. The predicted molar refractivity (Wildman–Crippen MR) is 102 cm³/mol.